The lowest BCUT2D eigenvalue weighted by Gasteiger charge is -2.14. The fourth-order valence-corrected chi connectivity index (χ4v) is 2.72. The van der Waals surface area contributed by atoms with Gasteiger partial charge >= 0.3 is 6.03 Å². The highest BCUT2D eigenvalue weighted by molar-refractivity contribution is 5.95. The van der Waals surface area contributed by atoms with E-state index in [0.717, 1.165) is 16.7 Å². The van der Waals surface area contributed by atoms with Crippen molar-refractivity contribution >= 4 is 11.9 Å². The van der Waals surface area contributed by atoms with Gasteiger partial charge in [0.2, 0.25) is 5.90 Å². The van der Waals surface area contributed by atoms with Crippen LogP contribution in [0.2, 0.25) is 0 Å². The maximum atomic E-state index is 11.6. The number of amides is 2. The van der Waals surface area contributed by atoms with Crippen molar-refractivity contribution in [1.82, 2.24) is 10.4 Å². The highest BCUT2D eigenvalue weighted by Gasteiger charge is 2.21. The third-order valence-corrected chi connectivity index (χ3v) is 4.05. The third-order valence-electron chi connectivity index (χ3n) is 4.05. The van der Waals surface area contributed by atoms with E-state index in [-0.39, 0.29) is 18.6 Å². The number of nitrogens with one attached hydrogen (secondary N) is 1. The van der Waals surface area contributed by atoms with Crippen LogP contribution < -0.4 is 5.32 Å². The molecular weight excluding hydrogens is 354 g/mol. The van der Waals surface area contributed by atoms with Crippen molar-refractivity contribution in [3.05, 3.63) is 71.3 Å². The minimum Gasteiger partial charge on any atom is -0.475 e. The number of nitrogens with zero attached hydrogens (tertiary/aromatic N) is 2. The van der Waals surface area contributed by atoms with Gasteiger partial charge in [0.05, 0.1) is 0 Å². The van der Waals surface area contributed by atoms with Gasteiger partial charge in [0.25, 0.3) is 0 Å². The molecule has 3 rings (SSSR count). The van der Waals surface area contributed by atoms with Gasteiger partial charge in [0, 0.05) is 17.2 Å². The molecule has 144 valence electrons. The smallest absolute Gasteiger partial charge is 0.342 e. The molecule has 2 aromatic carbocycles. The van der Waals surface area contributed by atoms with Crippen LogP contribution in [0.5, 0.6) is 0 Å². The average Bonchev–Trinajstić information content (AvgIpc) is 3.18. The average molecular weight is 377 g/mol. The second kappa shape index (κ2) is 9.07. The predicted octanol–water partition coefficient (Wildman–Crippen LogP) is 3.37. The summed E-state index contributed by atoms with van der Waals surface area (Å²) in [5, 5.41) is 12.8. The van der Waals surface area contributed by atoms with E-state index in [4.69, 9.17) is 4.74 Å². The van der Waals surface area contributed by atoms with E-state index in [0.29, 0.717) is 17.6 Å². The zero-order valence-electron chi connectivity index (χ0n) is 15.9. The summed E-state index contributed by atoms with van der Waals surface area (Å²) in [5.41, 5.74) is 2.73. The Hall–Kier alpha value is -3.30. The highest BCUT2D eigenvalue weighted by Crippen LogP contribution is 2.25. The molecule has 6 heteroatoms. The summed E-state index contributed by atoms with van der Waals surface area (Å²) in [6.45, 7) is 4.06. The molecule has 0 fully saturated rings. The number of carbonyl (C=O) groups is 1. The van der Waals surface area contributed by atoms with E-state index >= 15 is 0 Å². The number of carbonyl (C=O) groups excluding carboxylic acids is 1. The van der Waals surface area contributed by atoms with Gasteiger partial charge in [0.15, 0.2) is 0 Å². The standard InChI is InChI=1S/C22H23N3O3/c1-16(2)23-22(26)25(27)13-7-9-17-8-6-12-19(14-17)21-24-20(15-28-21)18-10-4-3-5-11-18/h3-6,8,10-12,14,16,20,27H,13,15H2,1-2H3,(H,23,26). The molecule has 0 bridgehead atoms. The first kappa shape index (κ1) is 19.5. The van der Waals surface area contributed by atoms with Crippen molar-refractivity contribution in [2.45, 2.75) is 25.9 Å². The second-order valence-electron chi connectivity index (χ2n) is 6.72. The summed E-state index contributed by atoms with van der Waals surface area (Å²) in [4.78, 5) is 16.3. The number of hydrogen-bond acceptors (Lipinski definition) is 4. The van der Waals surface area contributed by atoms with Crippen LogP contribution in [-0.4, -0.2) is 41.4 Å². The molecule has 0 spiro atoms. The number of benzene rings is 2. The summed E-state index contributed by atoms with van der Waals surface area (Å²) in [7, 11) is 0. The maximum Gasteiger partial charge on any atom is 0.342 e. The number of rotatable bonds is 4. The third kappa shape index (κ3) is 5.12. The van der Waals surface area contributed by atoms with Gasteiger partial charge in [0.1, 0.15) is 19.2 Å². The first-order valence-corrected chi connectivity index (χ1v) is 9.14. The van der Waals surface area contributed by atoms with Gasteiger partial charge in [-0.3, -0.25) is 5.21 Å². The quantitative estimate of drug-likeness (QED) is 0.487. The molecule has 1 heterocycles. The van der Waals surface area contributed by atoms with Crippen molar-refractivity contribution in [3.63, 3.8) is 0 Å². The van der Waals surface area contributed by atoms with Gasteiger partial charge in [-0.05, 0) is 37.6 Å². The lowest BCUT2D eigenvalue weighted by Crippen LogP contribution is -2.41. The number of hydrogen-bond donors (Lipinski definition) is 2. The number of hydroxylamine groups is 2. The first-order chi connectivity index (χ1) is 13.5. The van der Waals surface area contributed by atoms with Crippen molar-refractivity contribution in [1.29, 1.82) is 0 Å². The first-order valence-electron chi connectivity index (χ1n) is 9.14. The van der Waals surface area contributed by atoms with Gasteiger partial charge < -0.3 is 10.1 Å². The van der Waals surface area contributed by atoms with Crippen molar-refractivity contribution in [2.24, 2.45) is 4.99 Å². The van der Waals surface area contributed by atoms with Crippen molar-refractivity contribution < 1.29 is 14.7 Å². The topological polar surface area (TPSA) is 74.2 Å². The van der Waals surface area contributed by atoms with Gasteiger partial charge in [-0.2, -0.15) is 5.06 Å². The molecule has 28 heavy (non-hydrogen) atoms. The Morgan fingerprint density at radius 1 is 1.29 bits per heavy atom. The van der Waals surface area contributed by atoms with Crippen LogP contribution >= 0.6 is 0 Å². The molecule has 0 saturated heterocycles. The molecule has 2 N–H and O–H groups in total. The molecular formula is C22H23N3O3. The van der Waals surface area contributed by atoms with Crippen molar-refractivity contribution in [3.8, 4) is 11.8 Å². The zero-order valence-corrected chi connectivity index (χ0v) is 15.9. The molecule has 1 aliphatic rings. The molecule has 0 radical (unpaired) electrons. The Balaban J connectivity index is 1.66. The van der Waals surface area contributed by atoms with Crippen LogP contribution in [0.3, 0.4) is 0 Å². The van der Waals surface area contributed by atoms with Crippen LogP contribution in [0.4, 0.5) is 4.79 Å². The van der Waals surface area contributed by atoms with Crippen molar-refractivity contribution in [2.75, 3.05) is 13.2 Å². The van der Waals surface area contributed by atoms with E-state index in [9.17, 15) is 10.0 Å². The van der Waals surface area contributed by atoms with E-state index < -0.39 is 6.03 Å². The second-order valence-corrected chi connectivity index (χ2v) is 6.72. The van der Waals surface area contributed by atoms with Crippen LogP contribution in [-0.2, 0) is 4.74 Å². The molecule has 0 aromatic heterocycles. The SMILES string of the molecule is CC(C)NC(=O)N(O)CC#Cc1cccc(C2=NC(c3ccccc3)CO2)c1. The minimum absolute atomic E-state index is 0.00615. The molecule has 1 atom stereocenters. The largest absolute Gasteiger partial charge is 0.475 e. The molecule has 6 nitrogen and oxygen atoms in total. The molecule has 2 aromatic rings. The van der Waals surface area contributed by atoms with E-state index in [1.54, 1.807) is 0 Å². The minimum atomic E-state index is -0.571. The van der Waals surface area contributed by atoms with E-state index in [1.165, 1.54) is 0 Å². The molecule has 0 aliphatic carbocycles. The molecule has 1 aliphatic heterocycles. The fraction of sp³-hybridized carbons (Fsp3) is 0.273. The summed E-state index contributed by atoms with van der Waals surface area (Å²) in [5.74, 6) is 6.34. The van der Waals surface area contributed by atoms with E-state index in [1.807, 2.05) is 68.4 Å². The van der Waals surface area contributed by atoms with Crippen LogP contribution in [0.25, 0.3) is 0 Å². The number of urea groups is 1. The number of ether oxygens (including phenoxy) is 1. The lowest BCUT2D eigenvalue weighted by molar-refractivity contribution is -0.0316. The van der Waals surface area contributed by atoms with Gasteiger partial charge in [-0.15, -0.1) is 0 Å². The monoisotopic (exact) mass is 377 g/mol. The molecule has 0 saturated carbocycles. The molecule has 1 unspecified atom stereocenters. The van der Waals surface area contributed by atoms with Gasteiger partial charge in [-0.1, -0.05) is 48.2 Å². The Morgan fingerprint density at radius 3 is 2.82 bits per heavy atom. The van der Waals surface area contributed by atoms with Crippen LogP contribution in [0.1, 0.15) is 36.6 Å². The Morgan fingerprint density at radius 2 is 2.07 bits per heavy atom. The fourth-order valence-electron chi connectivity index (χ4n) is 2.72. The summed E-state index contributed by atoms with van der Waals surface area (Å²) in [6.07, 6.45) is 0. The molecule has 2 amide bonds. The van der Waals surface area contributed by atoms with E-state index in [2.05, 4.69) is 22.2 Å². The van der Waals surface area contributed by atoms with Crippen LogP contribution in [0.15, 0.2) is 59.6 Å². The predicted molar refractivity (Wildman–Crippen MR) is 107 cm³/mol. The maximum absolute atomic E-state index is 11.6. The van der Waals surface area contributed by atoms with Gasteiger partial charge in [-0.25, -0.2) is 9.79 Å². The Labute approximate surface area is 164 Å². The van der Waals surface area contributed by atoms with Crippen LogP contribution in [0, 0.1) is 11.8 Å². The highest BCUT2D eigenvalue weighted by atomic mass is 16.5. The normalized spacial score (nSPS) is 15.3. The Bertz CT molecular complexity index is 913. The lowest BCUT2D eigenvalue weighted by atomic mass is 10.1. The summed E-state index contributed by atoms with van der Waals surface area (Å²) >= 11 is 0. The summed E-state index contributed by atoms with van der Waals surface area (Å²) in [6, 6.07) is 16.9. The summed E-state index contributed by atoms with van der Waals surface area (Å²) < 4.78 is 5.77. The Kier molecular flexibility index (Phi) is 6.30. The number of aliphatic imine (C=N–C) groups is 1. The zero-order chi connectivity index (χ0) is 19.9.